The van der Waals surface area contributed by atoms with Crippen LogP contribution >= 0.6 is 0 Å². The Morgan fingerprint density at radius 1 is 1.50 bits per heavy atom. The quantitative estimate of drug-likeness (QED) is 0.832. The second-order valence-electron chi connectivity index (χ2n) is 4.86. The van der Waals surface area contributed by atoms with Crippen LogP contribution in [0.1, 0.15) is 10.4 Å². The molecule has 1 aliphatic heterocycles. The summed E-state index contributed by atoms with van der Waals surface area (Å²) in [7, 11) is 1.78. The number of amides is 1. The molecule has 1 atom stereocenters. The van der Waals surface area contributed by atoms with E-state index in [9.17, 15) is 4.79 Å². The van der Waals surface area contributed by atoms with Crippen molar-refractivity contribution >= 4 is 11.6 Å². The van der Waals surface area contributed by atoms with Crippen LogP contribution in [-0.4, -0.2) is 59.7 Å². The summed E-state index contributed by atoms with van der Waals surface area (Å²) in [5, 5.41) is 0. The van der Waals surface area contributed by atoms with Crippen molar-refractivity contribution in [3.05, 3.63) is 36.3 Å². The summed E-state index contributed by atoms with van der Waals surface area (Å²) in [6.45, 7) is 2.29. The normalized spacial score (nSPS) is 19.1. The van der Waals surface area contributed by atoms with Crippen LogP contribution < -0.4 is 0 Å². The predicted octanol–water partition coefficient (Wildman–Crippen LogP) is 0.822. The summed E-state index contributed by atoms with van der Waals surface area (Å²) in [4.78, 5) is 18.2. The maximum absolute atomic E-state index is 12.4. The van der Waals surface area contributed by atoms with Crippen LogP contribution in [0.25, 0.3) is 5.65 Å². The molecule has 1 saturated heterocycles. The number of hydrogen-bond acceptors (Lipinski definition) is 4. The van der Waals surface area contributed by atoms with Gasteiger partial charge in [0.1, 0.15) is 5.65 Å². The number of likely N-dealkylation sites (N-methyl/N-ethyl adjacent to an activating group) is 1. The number of rotatable bonds is 3. The molecule has 0 aromatic carbocycles. The lowest BCUT2D eigenvalue weighted by Crippen LogP contribution is -2.40. The second-order valence-corrected chi connectivity index (χ2v) is 4.86. The fourth-order valence-corrected chi connectivity index (χ4v) is 2.30. The topological polar surface area (TPSA) is 56.1 Å². The van der Waals surface area contributed by atoms with Crippen molar-refractivity contribution in [2.75, 3.05) is 33.4 Å². The number of nitrogens with zero attached hydrogens (tertiary/aromatic N) is 3. The standard InChI is InChI=1S/C14H17N3O3/c1-16(9-12-10-19-6-7-20-12)14(18)11-2-3-13-15-4-5-17(13)8-11/h2-5,8,12H,6-7,9-10H2,1H3/t12-/m0/s1. The summed E-state index contributed by atoms with van der Waals surface area (Å²) in [6, 6.07) is 3.63. The lowest BCUT2D eigenvalue weighted by molar-refractivity contribution is -0.0933. The van der Waals surface area contributed by atoms with E-state index in [-0.39, 0.29) is 12.0 Å². The Hall–Kier alpha value is -1.92. The molecule has 0 spiro atoms. The third kappa shape index (κ3) is 2.66. The van der Waals surface area contributed by atoms with E-state index in [1.165, 1.54) is 0 Å². The highest BCUT2D eigenvalue weighted by Gasteiger charge is 2.20. The van der Waals surface area contributed by atoms with E-state index < -0.39 is 0 Å². The molecule has 2 aromatic rings. The number of pyridine rings is 1. The van der Waals surface area contributed by atoms with Crippen LogP contribution in [0.2, 0.25) is 0 Å². The maximum Gasteiger partial charge on any atom is 0.255 e. The van der Waals surface area contributed by atoms with E-state index in [0.717, 1.165) is 5.65 Å². The zero-order valence-corrected chi connectivity index (χ0v) is 11.4. The highest BCUT2D eigenvalue weighted by molar-refractivity contribution is 5.94. The van der Waals surface area contributed by atoms with Gasteiger partial charge in [0, 0.05) is 32.2 Å². The summed E-state index contributed by atoms with van der Waals surface area (Å²) in [5.74, 6) is -0.0326. The number of aromatic nitrogens is 2. The monoisotopic (exact) mass is 275 g/mol. The largest absolute Gasteiger partial charge is 0.376 e. The van der Waals surface area contributed by atoms with Crippen LogP contribution in [0, 0.1) is 0 Å². The summed E-state index contributed by atoms with van der Waals surface area (Å²) < 4.78 is 12.7. The fraction of sp³-hybridized carbons (Fsp3) is 0.429. The molecule has 0 unspecified atom stereocenters. The lowest BCUT2D eigenvalue weighted by Gasteiger charge is -2.27. The fourth-order valence-electron chi connectivity index (χ4n) is 2.30. The van der Waals surface area contributed by atoms with E-state index in [1.54, 1.807) is 30.4 Å². The molecule has 1 fully saturated rings. The van der Waals surface area contributed by atoms with E-state index in [4.69, 9.17) is 9.47 Å². The number of hydrogen-bond donors (Lipinski definition) is 0. The Morgan fingerprint density at radius 2 is 2.40 bits per heavy atom. The average Bonchev–Trinajstić information content (AvgIpc) is 2.94. The third-order valence-electron chi connectivity index (χ3n) is 3.34. The van der Waals surface area contributed by atoms with E-state index >= 15 is 0 Å². The minimum atomic E-state index is -0.0466. The molecule has 3 rings (SSSR count). The van der Waals surface area contributed by atoms with E-state index in [1.807, 2.05) is 16.7 Å². The van der Waals surface area contributed by atoms with Gasteiger partial charge in [0.15, 0.2) is 0 Å². The summed E-state index contributed by atoms with van der Waals surface area (Å²) in [5.41, 5.74) is 1.46. The first-order valence-corrected chi connectivity index (χ1v) is 6.61. The molecule has 20 heavy (non-hydrogen) atoms. The molecule has 1 aliphatic rings. The van der Waals surface area contributed by atoms with Gasteiger partial charge >= 0.3 is 0 Å². The number of ether oxygens (including phenoxy) is 2. The van der Waals surface area contributed by atoms with Crippen molar-refractivity contribution in [1.29, 1.82) is 0 Å². The Kier molecular flexibility index (Phi) is 3.66. The van der Waals surface area contributed by atoms with Gasteiger partial charge in [-0.25, -0.2) is 4.98 Å². The molecule has 1 amide bonds. The molecule has 0 aliphatic carbocycles. The average molecular weight is 275 g/mol. The van der Waals surface area contributed by atoms with Crippen LogP contribution in [-0.2, 0) is 9.47 Å². The Balaban J connectivity index is 1.70. The molecule has 6 heteroatoms. The van der Waals surface area contributed by atoms with Gasteiger partial charge in [-0.05, 0) is 12.1 Å². The molecule has 6 nitrogen and oxygen atoms in total. The smallest absolute Gasteiger partial charge is 0.255 e. The molecule has 0 N–H and O–H groups in total. The lowest BCUT2D eigenvalue weighted by atomic mass is 10.2. The summed E-state index contributed by atoms with van der Waals surface area (Å²) in [6.07, 6.45) is 5.28. The van der Waals surface area contributed by atoms with Gasteiger partial charge in [0.2, 0.25) is 0 Å². The number of carbonyl (C=O) groups excluding carboxylic acids is 1. The van der Waals surface area contributed by atoms with Crippen LogP contribution in [0.15, 0.2) is 30.7 Å². The number of imidazole rings is 1. The van der Waals surface area contributed by atoms with E-state index in [0.29, 0.717) is 31.9 Å². The van der Waals surface area contributed by atoms with Gasteiger partial charge in [0.05, 0.1) is 31.5 Å². The van der Waals surface area contributed by atoms with Gasteiger partial charge in [-0.2, -0.15) is 0 Å². The van der Waals surface area contributed by atoms with Crippen molar-refractivity contribution in [1.82, 2.24) is 14.3 Å². The first-order chi connectivity index (χ1) is 9.74. The first-order valence-electron chi connectivity index (χ1n) is 6.61. The minimum Gasteiger partial charge on any atom is -0.376 e. The highest BCUT2D eigenvalue weighted by atomic mass is 16.6. The van der Waals surface area contributed by atoms with Crippen LogP contribution in [0.4, 0.5) is 0 Å². The zero-order valence-electron chi connectivity index (χ0n) is 11.4. The van der Waals surface area contributed by atoms with Crippen LogP contribution in [0.3, 0.4) is 0 Å². The Bertz CT molecular complexity index is 604. The molecule has 2 aromatic heterocycles. The minimum absolute atomic E-state index is 0.0326. The SMILES string of the molecule is CN(C[C@H]1COCCO1)C(=O)c1ccc2nccn2c1. The Labute approximate surface area is 116 Å². The maximum atomic E-state index is 12.4. The van der Waals surface area contributed by atoms with Gasteiger partial charge in [-0.1, -0.05) is 0 Å². The van der Waals surface area contributed by atoms with Gasteiger partial charge in [-0.3, -0.25) is 4.79 Å². The summed E-state index contributed by atoms with van der Waals surface area (Å²) >= 11 is 0. The van der Waals surface area contributed by atoms with E-state index in [2.05, 4.69) is 4.98 Å². The van der Waals surface area contributed by atoms with Gasteiger partial charge in [0.25, 0.3) is 5.91 Å². The van der Waals surface area contributed by atoms with Gasteiger partial charge < -0.3 is 18.8 Å². The van der Waals surface area contributed by atoms with Crippen molar-refractivity contribution in [2.45, 2.75) is 6.10 Å². The van der Waals surface area contributed by atoms with Crippen molar-refractivity contribution in [3.63, 3.8) is 0 Å². The van der Waals surface area contributed by atoms with Crippen molar-refractivity contribution in [3.8, 4) is 0 Å². The molecular formula is C14H17N3O3. The van der Waals surface area contributed by atoms with Gasteiger partial charge in [-0.15, -0.1) is 0 Å². The molecule has 0 radical (unpaired) electrons. The first kappa shape index (κ1) is 13.1. The molecular weight excluding hydrogens is 258 g/mol. The van der Waals surface area contributed by atoms with Crippen molar-refractivity contribution in [2.24, 2.45) is 0 Å². The third-order valence-corrected chi connectivity index (χ3v) is 3.34. The van der Waals surface area contributed by atoms with Crippen molar-refractivity contribution < 1.29 is 14.3 Å². The zero-order chi connectivity index (χ0) is 13.9. The molecule has 0 saturated carbocycles. The predicted molar refractivity (Wildman–Crippen MR) is 72.7 cm³/mol. The number of fused-ring (bicyclic) bond motifs is 1. The second kappa shape index (κ2) is 5.60. The molecule has 0 bridgehead atoms. The molecule has 106 valence electrons. The Morgan fingerprint density at radius 3 is 3.20 bits per heavy atom. The van der Waals surface area contributed by atoms with Crippen LogP contribution in [0.5, 0.6) is 0 Å². The molecule has 3 heterocycles. The number of carbonyl (C=O) groups is 1. The highest BCUT2D eigenvalue weighted by Crippen LogP contribution is 2.09.